The summed E-state index contributed by atoms with van der Waals surface area (Å²) in [6.07, 6.45) is 1.86. The molecule has 1 N–H and O–H groups in total. The van der Waals surface area contributed by atoms with E-state index >= 15 is 0 Å². The first-order chi connectivity index (χ1) is 8.61. The Kier molecular flexibility index (Phi) is 4.16. The SMILES string of the molecule is CCNc1nc(-c2ccc(C)c(C)c2)ncc1I. The molecule has 18 heavy (non-hydrogen) atoms. The van der Waals surface area contributed by atoms with Crippen LogP contribution in [0.3, 0.4) is 0 Å². The Hall–Kier alpha value is -1.17. The Labute approximate surface area is 121 Å². The summed E-state index contributed by atoms with van der Waals surface area (Å²) in [6.45, 7) is 7.14. The van der Waals surface area contributed by atoms with Gasteiger partial charge in [-0.1, -0.05) is 12.1 Å². The Balaban J connectivity index is 2.44. The summed E-state index contributed by atoms with van der Waals surface area (Å²) in [5.41, 5.74) is 3.62. The third-order valence-electron chi connectivity index (χ3n) is 2.85. The molecule has 94 valence electrons. The number of aromatic nitrogens is 2. The summed E-state index contributed by atoms with van der Waals surface area (Å²) in [4.78, 5) is 8.98. The Bertz CT molecular complexity index is 567. The molecule has 0 atom stereocenters. The van der Waals surface area contributed by atoms with Crippen molar-refractivity contribution < 1.29 is 0 Å². The summed E-state index contributed by atoms with van der Waals surface area (Å²) in [5.74, 6) is 1.68. The number of benzene rings is 1. The van der Waals surface area contributed by atoms with Gasteiger partial charge in [0.2, 0.25) is 0 Å². The van der Waals surface area contributed by atoms with Crippen LogP contribution in [0.15, 0.2) is 24.4 Å². The molecule has 1 aromatic carbocycles. The molecular weight excluding hydrogens is 337 g/mol. The number of hydrogen-bond acceptors (Lipinski definition) is 3. The van der Waals surface area contributed by atoms with Gasteiger partial charge in [0, 0.05) is 18.3 Å². The molecule has 2 rings (SSSR count). The molecule has 1 heterocycles. The van der Waals surface area contributed by atoms with Crippen molar-refractivity contribution in [1.29, 1.82) is 0 Å². The van der Waals surface area contributed by atoms with Crippen molar-refractivity contribution in [2.24, 2.45) is 0 Å². The van der Waals surface area contributed by atoms with E-state index in [0.29, 0.717) is 0 Å². The van der Waals surface area contributed by atoms with Crippen molar-refractivity contribution in [3.05, 3.63) is 39.1 Å². The fourth-order valence-corrected chi connectivity index (χ4v) is 2.13. The molecule has 3 nitrogen and oxygen atoms in total. The zero-order valence-corrected chi connectivity index (χ0v) is 12.9. The fraction of sp³-hybridized carbons (Fsp3) is 0.286. The van der Waals surface area contributed by atoms with Crippen LogP contribution < -0.4 is 5.32 Å². The van der Waals surface area contributed by atoms with E-state index in [2.05, 4.69) is 76.8 Å². The van der Waals surface area contributed by atoms with Crippen LogP contribution in [-0.2, 0) is 0 Å². The van der Waals surface area contributed by atoms with Crippen LogP contribution in [-0.4, -0.2) is 16.5 Å². The van der Waals surface area contributed by atoms with Gasteiger partial charge < -0.3 is 5.32 Å². The molecule has 4 heteroatoms. The lowest BCUT2D eigenvalue weighted by Gasteiger charge is -2.08. The van der Waals surface area contributed by atoms with Gasteiger partial charge in [-0.05, 0) is 60.6 Å². The van der Waals surface area contributed by atoms with Crippen LogP contribution in [0.1, 0.15) is 18.1 Å². The minimum absolute atomic E-state index is 0.773. The first-order valence-electron chi connectivity index (χ1n) is 5.96. The predicted octanol–water partition coefficient (Wildman–Crippen LogP) is 3.80. The van der Waals surface area contributed by atoms with Crippen molar-refractivity contribution in [1.82, 2.24) is 9.97 Å². The molecule has 0 fully saturated rings. The maximum absolute atomic E-state index is 4.57. The van der Waals surface area contributed by atoms with Gasteiger partial charge >= 0.3 is 0 Å². The van der Waals surface area contributed by atoms with Gasteiger partial charge in [0.15, 0.2) is 5.82 Å². The second-order valence-electron chi connectivity index (χ2n) is 4.22. The molecule has 2 aromatic rings. The Morgan fingerprint density at radius 3 is 2.67 bits per heavy atom. The second-order valence-corrected chi connectivity index (χ2v) is 5.38. The van der Waals surface area contributed by atoms with E-state index in [9.17, 15) is 0 Å². The van der Waals surface area contributed by atoms with Crippen molar-refractivity contribution in [2.45, 2.75) is 20.8 Å². The quantitative estimate of drug-likeness (QED) is 0.853. The summed E-state index contributed by atoms with van der Waals surface area (Å²) in [5, 5.41) is 3.25. The molecular formula is C14H16IN3. The largest absolute Gasteiger partial charge is 0.369 e. The standard InChI is InChI=1S/C14H16IN3/c1-4-16-14-12(15)8-17-13(18-14)11-6-5-9(2)10(3)7-11/h5-8H,4H2,1-3H3,(H,16,17,18). The van der Waals surface area contributed by atoms with E-state index in [0.717, 1.165) is 27.3 Å². The van der Waals surface area contributed by atoms with Gasteiger partial charge in [0.05, 0.1) is 3.57 Å². The zero-order chi connectivity index (χ0) is 13.1. The highest BCUT2D eigenvalue weighted by atomic mass is 127. The van der Waals surface area contributed by atoms with E-state index in [1.54, 1.807) is 0 Å². The highest BCUT2D eigenvalue weighted by Gasteiger charge is 2.07. The van der Waals surface area contributed by atoms with Crippen molar-refractivity contribution >= 4 is 28.4 Å². The summed E-state index contributed by atoms with van der Waals surface area (Å²) in [7, 11) is 0. The molecule has 0 amide bonds. The number of anilines is 1. The van der Waals surface area contributed by atoms with Gasteiger partial charge in [-0.15, -0.1) is 0 Å². The molecule has 0 spiro atoms. The van der Waals surface area contributed by atoms with Crippen LogP contribution in [0.25, 0.3) is 11.4 Å². The molecule has 0 saturated carbocycles. The highest BCUT2D eigenvalue weighted by Crippen LogP contribution is 2.22. The first kappa shape index (κ1) is 13.3. The van der Waals surface area contributed by atoms with Crippen LogP contribution in [0, 0.1) is 17.4 Å². The minimum atomic E-state index is 0.773. The van der Waals surface area contributed by atoms with Gasteiger partial charge in [0.25, 0.3) is 0 Å². The van der Waals surface area contributed by atoms with Crippen LogP contribution in [0.5, 0.6) is 0 Å². The van der Waals surface area contributed by atoms with Crippen molar-refractivity contribution in [3.63, 3.8) is 0 Å². The maximum Gasteiger partial charge on any atom is 0.161 e. The number of nitrogens with one attached hydrogen (secondary N) is 1. The van der Waals surface area contributed by atoms with Gasteiger partial charge in [-0.2, -0.15) is 0 Å². The van der Waals surface area contributed by atoms with Gasteiger partial charge in [-0.25, -0.2) is 9.97 Å². The Morgan fingerprint density at radius 2 is 2.00 bits per heavy atom. The summed E-state index contributed by atoms with van der Waals surface area (Å²) in [6, 6.07) is 6.31. The van der Waals surface area contributed by atoms with E-state index in [4.69, 9.17) is 0 Å². The topological polar surface area (TPSA) is 37.8 Å². The number of rotatable bonds is 3. The van der Waals surface area contributed by atoms with E-state index in [-0.39, 0.29) is 0 Å². The lowest BCUT2D eigenvalue weighted by molar-refractivity contribution is 1.10. The maximum atomic E-state index is 4.57. The van der Waals surface area contributed by atoms with E-state index < -0.39 is 0 Å². The number of nitrogens with zero attached hydrogens (tertiary/aromatic N) is 2. The lowest BCUT2D eigenvalue weighted by atomic mass is 10.1. The van der Waals surface area contributed by atoms with Crippen molar-refractivity contribution in [3.8, 4) is 11.4 Å². The van der Waals surface area contributed by atoms with E-state index in [1.807, 2.05) is 6.20 Å². The average molecular weight is 353 g/mol. The second kappa shape index (κ2) is 5.65. The molecule has 0 bridgehead atoms. The molecule has 0 radical (unpaired) electrons. The van der Waals surface area contributed by atoms with Crippen LogP contribution in [0.4, 0.5) is 5.82 Å². The summed E-state index contributed by atoms with van der Waals surface area (Å²) >= 11 is 2.24. The monoisotopic (exact) mass is 353 g/mol. The lowest BCUT2D eigenvalue weighted by Crippen LogP contribution is -2.03. The van der Waals surface area contributed by atoms with Crippen LogP contribution >= 0.6 is 22.6 Å². The number of halogens is 1. The third-order valence-corrected chi connectivity index (χ3v) is 3.64. The molecule has 0 unspecified atom stereocenters. The normalized spacial score (nSPS) is 10.4. The fourth-order valence-electron chi connectivity index (χ4n) is 1.68. The smallest absolute Gasteiger partial charge is 0.161 e. The molecule has 0 aliphatic heterocycles. The first-order valence-corrected chi connectivity index (χ1v) is 7.03. The van der Waals surface area contributed by atoms with Crippen molar-refractivity contribution in [2.75, 3.05) is 11.9 Å². The average Bonchev–Trinajstić information content (AvgIpc) is 2.36. The molecule has 0 aliphatic carbocycles. The molecule has 0 saturated heterocycles. The predicted molar refractivity (Wildman–Crippen MR) is 83.8 cm³/mol. The van der Waals surface area contributed by atoms with Crippen LogP contribution in [0.2, 0.25) is 0 Å². The number of hydrogen-bond donors (Lipinski definition) is 1. The van der Waals surface area contributed by atoms with Gasteiger partial charge in [0.1, 0.15) is 5.82 Å². The third kappa shape index (κ3) is 2.80. The van der Waals surface area contributed by atoms with Gasteiger partial charge in [-0.3, -0.25) is 0 Å². The minimum Gasteiger partial charge on any atom is -0.369 e. The zero-order valence-electron chi connectivity index (χ0n) is 10.8. The van der Waals surface area contributed by atoms with E-state index in [1.165, 1.54) is 11.1 Å². The molecule has 0 aliphatic rings. The Morgan fingerprint density at radius 1 is 1.22 bits per heavy atom. The highest BCUT2D eigenvalue weighted by molar-refractivity contribution is 14.1. The number of aryl methyl sites for hydroxylation is 2. The molecule has 1 aromatic heterocycles. The summed E-state index contributed by atoms with van der Waals surface area (Å²) < 4.78 is 1.04.